The molecule has 0 aromatic heterocycles. The molecule has 0 saturated carbocycles. The van der Waals surface area contributed by atoms with E-state index >= 15 is 0 Å². The van der Waals surface area contributed by atoms with E-state index in [2.05, 4.69) is 0 Å². The van der Waals surface area contributed by atoms with Gasteiger partial charge >= 0.3 is 12.1 Å². The van der Waals surface area contributed by atoms with Crippen LogP contribution in [0.3, 0.4) is 0 Å². The van der Waals surface area contributed by atoms with Crippen molar-refractivity contribution in [2.45, 2.75) is 44.3 Å². The van der Waals surface area contributed by atoms with E-state index in [4.69, 9.17) is 5.11 Å². The van der Waals surface area contributed by atoms with Gasteiger partial charge in [0.2, 0.25) is 0 Å². The monoisotopic (exact) mass is 318 g/mol. The van der Waals surface area contributed by atoms with Gasteiger partial charge in [-0.25, -0.2) is 0 Å². The zero-order valence-electron chi connectivity index (χ0n) is 10.7. The lowest BCUT2D eigenvalue weighted by Gasteiger charge is -2.34. The Morgan fingerprint density at radius 1 is 1.35 bits per heavy atom. The highest BCUT2D eigenvalue weighted by molar-refractivity contribution is 7.87. The van der Waals surface area contributed by atoms with Crippen LogP contribution in [0, 0.1) is 0 Å². The van der Waals surface area contributed by atoms with Crippen LogP contribution < -0.4 is 4.72 Å². The molecule has 6 nitrogen and oxygen atoms in total. The maximum Gasteiger partial charge on any atom is 0.402 e. The van der Waals surface area contributed by atoms with Gasteiger partial charge in [0.1, 0.15) is 6.54 Å². The van der Waals surface area contributed by atoms with Crippen LogP contribution in [0.15, 0.2) is 0 Å². The Morgan fingerprint density at radius 3 is 2.55 bits per heavy atom. The van der Waals surface area contributed by atoms with Crippen molar-refractivity contribution in [2.24, 2.45) is 0 Å². The molecule has 1 rings (SSSR count). The summed E-state index contributed by atoms with van der Waals surface area (Å²) in [6.45, 7) is -1.52. The predicted molar refractivity (Wildman–Crippen MR) is 64.2 cm³/mol. The third-order valence-electron chi connectivity index (χ3n) is 3.03. The molecule has 1 fully saturated rings. The minimum absolute atomic E-state index is 0.0995. The van der Waals surface area contributed by atoms with E-state index in [9.17, 15) is 26.4 Å². The molecule has 0 radical (unpaired) electrons. The highest BCUT2D eigenvalue weighted by Crippen LogP contribution is 2.24. The second-order valence-corrected chi connectivity index (χ2v) is 6.34. The summed E-state index contributed by atoms with van der Waals surface area (Å²) in [5.41, 5.74) is 0. The maximum absolute atomic E-state index is 12.1. The van der Waals surface area contributed by atoms with E-state index in [0.29, 0.717) is 12.8 Å². The predicted octanol–water partition coefficient (Wildman–Crippen LogP) is 1.10. The summed E-state index contributed by atoms with van der Waals surface area (Å²) < 4.78 is 62.4. The number of nitrogens with one attached hydrogen (secondary N) is 1. The summed E-state index contributed by atoms with van der Waals surface area (Å²) in [7, 11) is -4.24. The van der Waals surface area contributed by atoms with Gasteiger partial charge in [-0.3, -0.25) is 4.79 Å². The Kier molecular flexibility index (Phi) is 5.78. The minimum atomic E-state index is -4.63. The lowest BCUT2D eigenvalue weighted by Crippen LogP contribution is -2.50. The molecule has 1 atom stereocenters. The normalized spacial score (nSPS) is 21.9. The van der Waals surface area contributed by atoms with Gasteiger partial charge in [-0.1, -0.05) is 6.42 Å². The van der Waals surface area contributed by atoms with Gasteiger partial charge in [0, 0.05) is 19.0 Å². The Labute approximate surface area is 115 Å². The van der Waals surface area contributed by atoms with Crippen molar-refractivity contribution in [2.75, 3.05) is 13.1 Å². The van der Waals surface area contributed by atoms with Crippen LogP contribution in [0.25, 0.3) is 0 Å². The molecule has 0 aromatic rings. The molecule has 0 amide bonds. The molecule has 20 heavy (non-hydrogen) atoms. The number of rotatable bonds is 6. The number of piperidine rings is 1. The van der Waals surface area contributed by atoms with Crippen LogP contribution in [-0.4, -0.2) is 49.1 Å². The molecular weight excluding hydrogens is 301 g/mol. The second kappa shape index (κ2) is 6.72. The van der Waals surface area contributed by atoms with E-state index in [1.54, 1.807) is 0 Å². The summed E-state index contributed by atoms with van der Waals surface area (Å²) in [4.78, 5) is 10.5. The van der Waals surface area contributed by atoms with Crippen molar-refractivity contribution in [3.05, 3.63) is 0 Å². The molecule has 1 aliphatic rings. The van der Waals surface area contributed by atoms with Gasteiger partial charge in [-0.05, 0) is 19.3 Å². The number of hydrogen-bond acceptors (Lipinski definition) is 3. The minimum Gasteiger partial charge on any atom is -0.481 e. The van der Waals surface area contributed by atoms with Crippen molar-refractivity contribution >= 4 is 16.2 Å². The first-order chi connectivity index (χ1) is 9.12. The van der Waals surface area contributed by atoms with Gasteiger partial charge in [0.15, 0.2) is 0 Å². The van der Waals surface area contributed by atoms with Gasteiger partial charge in [-0.2, -0.15) is 30.6 Å². The molecule has 10 heteroatoms. The Balaban J connectivity index is 2.70. The van der Waals surface area contributed by atoms with Gasteiger partial charge in [0.05, 0.1) is 0 Å². The summed E-state index contributed by atoms with van der Waals surface area (Å²) in [6.07, 6.45) is -3.00. The molecule has 0 spiro atoms. The largest absolute Gasteiger partial charge is 0.481 e. The third kappa shape index (κ3) is 5.63. The number of carbonyl (C=O) groups is 1. The second-order valence-electron chi connectivity index (χ2n) is 4.63. The zero-order valence-corrected chi connectivity index (χ0v) is 11.5. The molecule has 0 bridgehead atoms. The molecule has 0 aliphatic carbocycles. The number of carboxylic acid groups (broad SMARTS) is 1. The SMILES string of the molecule is O=C(O)CCC1CCCCN1S(=O)(=O)NCC(F)(F)F. The average molecular weight is 318 g/mol. The lowest BCUT2D eigenvalue weighted by molar-refractivity contribution is -0.137. The molecule has 0 aromatic carbocycles. The fraction of sp³-hybridized carbons (Fsp3) is 0.900. The first-order valence-electron chi connectivity index (χ1n) is 6.17. The fourth-order valence-corrected chi connectivity index (χ4v) is 3.61. The van der Waals surface area contributed by atoms with E-state index in [-0.39, 0.29) is 19.4 Å². The number of halogens is 3. The molecule has 1 unspecified atom stereocenters. The number of aliphatic carboxylic acids is 1. The van der Waals surface area contributed by atoms with Crippen LogP contribution in [0.4, 0.5) is 13.2 Å². The van der Waals surface area contributed by atoms with Crippen LogP contribution in [0.2, 0.25) is 0 Å². The Morgan fingerprint density at radius 2 is 2.00 bits per heavy atom. The van der Waals surface area contributed by atoms with Crippen LogP contribution in [0.5, 0.6) is 0 Å². The summed E-state index contributed by atoms with van der Waals surface area (Å²) in [5, 5.41) is 8.61. The number of alkyl halides is 3. The van der Waals surface area contributed by atoms with E-state index in [0.717, 1.165) is 10.7 Å². The molecule has 1 saturated heterocycles. The Bertz CT molecular complexity index is 438. The number of nitrogens with zero attached hydrogens (tertiary/aromatic N) is 1. The molecule has 1 aliphatic heterocycles. The summed E-state index contributed by atoms with van der Waals surface area (Å²) >= 11 is 0. The maximum atomic E-state index is 12.1. The Hall–Kier alpha value is -0.870. The quantitative estimate of drug-likeness (QED) is 0.768. The number of hydrogen-bond donors (Lipinski definition) is 2. The van der Waals surface area contributed by atoms with Crippen LogP contribution in [0.1, 0.15) is 32.1 Å². The first-order valence-corrected chi connectivity index (χ1v) is 7.61. The van der Waals surface area contributed by atoms with Crippen LogP contribution >= 0.6 is 0 Å². The van der Waals surface area contributed by atoms with E-state index in [1.165, 1.54) is 4.72 Å². The number of carboxylic acids is 1. The highest BCUT2D eigenvalue weighted by atomic mass is 32.2. The average Bonchev–Trinajstić information content (AvgIpc) is 2.33. The fourth-order valence-electron chi connectivity index (χ4n) is 2.12. The van der Waals surface area contributed by atoms with Crippen molar-refractivity contribution in [1.29, 1.82) is 0 Å². The molecule has 118 valence electrons. The van der Waals surface area contributed by atoms with Gasteiger partial charge < -0.3 is 5.11 Å². The van der Waals surface area contributed by atoms with E-state index in [1.807, 2.05) is 0 Å². The van der Waals surface area contributed by atoms with Crippen molar-refractivity contribution in [3.8, 4) is 0 Å². The van der Waals surface area contributed by atoms with Crippen molar-refractivity contribution in [3.63, 3.8) is 0 Å². The topological polar surface area (TPSA) is 86.7 Å². The molecular formula is C10H17F3N2O4S. The zero-order chi connectivity index (χ0) is 15.4. The standard InChI is InChI=1S/C10H17F3N2O4S/c11-10(12,13)7-14-20(18,19)15-6-2-1-3-8(15)4-5-9(16)17/h8,14H,1-7H2,(H,16,17). The van der Waals surface area contributed by atoms with Crippen molar-refractivity contribution < 1.29 is 31.5 Å². The van der Waals surface area contributed by atoms with Crippen LogP contribution in [-0.2, 0) is 15.0 Å². The molecule has 1 heterocycles. The van der Waals surface area contributed by atoms with Crippen molar-refractivity contribution in [1.82, 2.24) is 9.03 Å². The third-order valence-corrected chi connectivity index (χ3v) is 4.64. The van der Waals surface area contributed by atoms with Gasteiger partial charge in [-0.15, -0.1) is 0 Å². The summed E-state index contributed by atoms with van der Waals surface area (Å²) in [5.74, 6) is -1.06. The summed E-state index contributed by atoms with van der Waals surface area (Å²) in [6, 6.07) is -0.564. The first kappa shape index (κ1) is 17.2. The lowest BCUT2D eigenvalue weighted by atomic mass is 10.0. The highest BCUT2D eigenvalue weighted by Gasteiger charge is 2.36. The molecule has 2 N–H and O–H groups in total. The smallest absolute Gasteiger partial charge is 0.402 e. The van der Waals surface area contributed by atoms with Gasteiger partial charge in [0.25, 0.3) is 10.2 Å². The van der Waals surface area contributed by atoms with E-state index < -0.39 is 34.9 Å².